The molecule has 1 saturated carbocycles. The van der Waals surface area contributed by atoms with Gasteiger partial charge in [-0.3, -0.25) is 4.79 Å². The Bertz CT molecular complexity index is 1120. The second kappa shape index (κ2) is 8.94. The maximum Gasteiger partial charge on any atom is 0.254 e. The van der Waals surface area contributed by atoms with Crippen LogP contribution < -0.4 is 4.90 Å². The van der Waals surface area contributed by atoms with Crippen molar-refractivity contribution in [3.8, 4) is 11.1 Å². The Morgan fingerprint density at radius 3 is 2.30 bits per heavy atom. The number of aromatic nitrogens is 2. The monoisotopic (exact) mass is 442 g/mol. The minimum atomic E-state index is 0.0724. The number of hydrogen-bond donors (Lipinski definition) is 0. The van der Waals surface area contributed by atoms with Gasteiger partial charge in [-0.1, -0.05) is 50.2 Å². The van der Waals surface area contributed by atoms with Gasteiger partial charge in [0.1, 0.15) is 0 Å². The first kappa shape index (κ1) is 21.6. The second-order valence-electron chi connectivity index (χ2n) is 8.64. The fraction of sp³-hybridized carbons (Fsp3) is 0.370. The third-order valence-corrected chi connectivity index (χ3v) is 6.71. The van der Waals surface area contributed by atoms with Crippen LogP contribution in [-0.4, -0.2) is 53.6 Å². The zero-order valence-corrected chi connectivity index (χ0v) is 19.3. The summed E-state index contributed by atoms with van der Waals surface area (Å²) in [6.07, 6.45) is 6.13. The zero-order chi connectivity index (χ0) is 22.8. The number of fused-ring (bicyclic) bond motifs is 2. The molecule has 0 bridgehead atoms. The van der Waals surface area contributed by atoms with Gasteiger partial charge < -0.3 is 14.5 Å². The van der Waals surface area contributed by atoms with Crippen molar-refractivity contribution in [3.63, 3.8) is 0 Å². The highest BCUT2D eigenvalue weighted by Gasteiger charge is 2.52. The number of benzene rings is 2. The molecule has 1 spiro atoms. The highest BCUT2D eigenvalue weighted by atomic mass is 16.5. The Morgan fingerprint density at radius 1 is 0.939 bits per heavy atom. The first-order valence-corrected chi connectivity index (χ1v) is 11.9. The van der Waals surface area contributed by atoms with Gasteiger partial charge >= 0.3 is 0 Å². The Balaban J connectivity index is 0.00000111. The number of carbonyl (C=O) groups is 1. The lowest BCUT2D eigenvalue weighted by molar-refractivity contribution is 0.0303. The predicted molar refractivity (Wildman–Crippen MR) is 130 cm³/mol. The van der Waals surface area contributed by atoms with E-state index in [0.717, 1.165) is 28.9 Å². The summed E-state index contributed by atoms with van der Waals surface area (Å²) in [6, 6.07) is 16.3. The van der Waals surface area contributed by atoms with Crippen LogP contribution in [0.25, 0.3) is 11.1 Å². The van der Waals surface area contributed by atoms with Gasteiger partial charge in [0, 0.05) is 54.3 Å². The number of nitrogens with zero attached hydrogens (tertiary/aromatic N) is 4. The Labute approximate surface area is 195 Å². The average Bonchev–Trinajstić information content (AvgIpc) is 3.62. The Morgan fingerprint density at radius 2 is 1.64 bits per heavy atom. The first-order chi connectivity index (χ1) is 16.2. The fourth-order valence-electron chi connectivity index (χ4n) is 4.76. The van der Waals surface area contributed by atoms with Crippen LogP contribution in [0.4, 0.5) is 11.6 Å². The summed E-state index contributed by atoms with van der Waals surface area (Å²) in [4.78, 5) is 26.5. The predicted octanol–water partition coefficient (Wildman–Crippen LogP) is 4.83. The molecule has 33 heavy (non-hydrogen) atoms. The summed E-state index contributed by atoms with van der Waals surface area (Å²) in [7, 11) is 0. The molecule has 1 aliphatic carbocycles. The fourth-order valence-corrected chi connectivity index (χ4v) is 4.76. The Kier molecular flexibility index (Phi) is 5.85. The quantitative estimate of drug-likeness (QED) is 0.582. The number of hydrogen-bond acceptors (Lipinski definition) is 5. The van der Waals surface area contributed by atoms with Gasteiger partial charge in [0.05, 0.1) is 13.2 Å². The summed E-state index contributed by atoms with van der Waals surface area (Å²) < 4.78 is 5.39. The molecule has 1 aromatic heterocycles. The average molecular weight is 443 g/mol. The van der Waals surface area contributed by atoms with Crippen LogP contribution in [0.1, 0.15) is 42.6 Å². The number of amides is 1. The molecule has 0 unspecified atom stereocenters. The van der Waals surface area contributed by atoms with Crippen molar-refractivity contribution in [2.24, 2.45) is 0 Å². The number of carbonyl (C=O) groups excluding carboxylic acids is 1. The van der Waals surface area contributed by atoms with Crippen molar-refractivity contribution in [3.05, 3.63) is 72.1 Å². The molecule has 6 heteroatoms. The summed E-state index contributed by atoms with van der Waals surface area (Å²) >= 11 is 0. The van der Waals surface area contributed by atoms with Gasteiger partial charge in [-0.2, -0.15) is 0 Å². The zero-order valence-electron chi connectivity index (χ0n) is 19.3. The van der Waals surface area contributed by atoms with E-state index < -0.39 is 0 Å². The molecule has 0 atom stereocenters. The van der Waals surface area contributed by atoms with Crippen LogP contribution in [0.15, 0.2) is 60.9 Å². The van der Waals surface area contributed by atoms with Gasteiger partial charge in [0.15, 0.2) is 0 Å². The van der Waals surface area contributed by atoms with Crippen molar-refractivity contribution in [2.75, 3.05) is 37.7 Å². The maximum absolute atomic E-state index is 13.0. The number of morpholine rings is 1. The molecular weight excluding hydrogens is 412 g/mol. The number of rotatable bonds is 3. The molecule has 170 valence electrons. The van der Waals surface area contributed by atoms with Crippen LogP contribution in [0.5, 0.6) is 0 Å². The molecule has 3 aliphatic rings. The Hall–Kier alpha value is -3.25. The van der Waals surface area contributed by atoms with E-state index in [4.69, 9.17) is 14.7 Å². The second-order valence-corrected chi connectivity index (χ2v) is 8.64. The molecular formula is C27H30N4O2. The summed E-state index contributed by atoms with van der Waals surface area (Å²) in [6.45, 7) is 7.38. The molecule has 3 aromatic rings. The summed E-state index contributed by atoms with van der Waals surface area (Å²) in [5.74, 6) is 0.767. The topological polar surface area (TPSA) is 58.6 Å². The standard InChI is InChI=1S/C25H24N4O2.C2H6/c30-23(28-10-12-31-13-11-28)19-6-7-21-22(14-19)29(17-25(21)8-9-25)24-26-15-20(16-27-24)18-4-2-1-3-5-18;1-2/h1-7,14-16H,8-13,17H2;1-2H3. The molecule has 2 aromatic carbocycles. The van der Waals surface area contributed by atoms with E-state index in [2.05, 4.69) is 23.1 Å². The SMILES string of the molecule is CC.O=C(c1ccc2c(c1)N(c1ncc(-c3ccccc3)cn1)CC21CC1)N1CCOCC1. The summed E-state index contributed by atoms with van der Waals surface area (Å²) in [5, 5.41) is 0. The minimum Gasteiger partial charge on any atom is -0.378 e. The maximum atomic E-state index is 13.0. The van der Waals surface area contributed by atoms with Crippen molar-refractivity contribution < 1.29 is 9.53 Å². The van der Waals surface area contributed by atoms with Crippen molar-refractivity contribution >= 4 is 17.5 Å². The van der Waals surface area contributed by atoms with Crippen molar-refractivity contribution in [1.29, 1.82) is 0 Å². The van der Waals surface area contributed by atoms with Crippen LogP contribution >= 0.6 is 0 Å². The largest absolute Gasteiger partial charge is 0.378 e. The van der Waals surface area contributed by atoms with Gasteiger partial charge in [0.2, 0.25) is 5.95 Å². The van der Waals surface area contributed by atoms with Gasteiger partial charge in [0.25, 0.3) is 5.91 Å². The molecule has 2 aliphatic heterocycles. The van der Waals surface area contributed by atoms with E-state index >= 15 is 0 Å². The lowest BCUT2D eigenvalue weighted by Crippen LogP contribution is -2.40. The van der Waals surface area contributed by atoms with E-state index in [9.17, 15) is 4.79 Å². The van der Waals surface area contributed by atoms with E-state index in [1.54, 1.807) is 0 Å². The van der Waals surface area contributed by atoms with Crippen LogP contribution in [0, 0.1) is 0 Å². The molecule has 6 nitrogen and oxygen atoms in total. The van der Waals surface area contributed by atoms with E-state index in [1.165, 1.54) is 18.4 Å². The molecule has 3 heterocycles. The van der Waals surface area contributed by atoms with Crippen LogP contribution in [0.2, 0.25) is 0 Å². The van der Waals surface area contributed by atoms with E-state index in [0.29, 0.717) is 32.3 Å². The van der Waals surface area contributed by atoms with Gasteiger partial charge in [-0.25, -0.2) is 9.97 Å². The highest BCUT2D eigenvalue weighted by Crippen LogP contribution is 2.57. The molecule has 1 saturated heterocycles. The number of ether oxygens (including phenoxy) is 1. The van der Waals surface area contributed by atoms with Crippen LogP contribution in [0.3, 0.4) is 0 Å². The van der Waals surface area contributed by atoms with E-state index in [1.807, 2.05) is 61.5 Å². The summed E-state index contributed by atoms with van der Waals surface area (Å²) in [5.41, 5.74) is 5.42. The highest BCUT2D eigenvalue weighted by molar-refractivity contribution is 5.96. The van der Waals surface area contributed by atoms with Gasteiger partial charge in [-0.15, -0.1) is 0 Å². The number of anilines is 2. The smallest absolute Gasteiger partial charge is 0.254 e. The molecule has 6 rings (SSSR count). The van der Waals surface area contributed by atoms with Crippen molar-refractivity contribution in [1.82, 2.24) is 14.9 Å². The van der Waals surface area contributed by atoms with Gasteiger partial charge in [-0.05, 0) is 36.1 Å². The molecule has 2 fully saturated rings. The lowest BCUT2D eigenvalue weighted by Gasteiger charge is -2.27. The third-order valence-electron chi connectivity index (χ3n) is 6.71. The van der Waals surface area contributed by atoms with Crippen LogP contribution in [-0.2, 0) is 10.2 Å². The minimum absolute atomic E-state index is 0.0724. The molecule has 0 N–H and O–H groups in total. The molecule has 0 radical (unpaired) electrons. The lowest BCUT2D eigenvalue weighted by atomic mass is 9.97. The normalized spacial score (nSPS) is 17.9. The first-order valence-electron chi connectivity index (χ1n) is 11.9. The van der Waals surface area contributed by atoms with E-state index in [-0.39, 0.29) is 11.3 Å². The van der Waals surface area contributed by atoms with Crippen molar-refractivity contribution in [2.45, 2.75) is 32.1 Å². The molecule has 1 amide bonds. The third kappa shape index (κ3) is 4.00.